The van der Waals surface area contributed by atoms with Crippen molar-refractivity contribution < 1.29 is 22.7 Å². The molecule has 2 amide bonds. The van der Waals surface area contributed by atoms with Gasteiger partial charge in [0.15, 0.2) is 15.0 Å². The number of amidine groups is 1. The third kappa shape index (κ3) is 6.35. The molecule has 0 spiro atoms. The SMILES string of the molecule is C=CCN1C(=NC(=O)[C@H](Cc2ccccc2)NC(=O)OC(C)(C)C)S[C@H]2CS(=O)(=O)C[C@@H]21. The molecule has 0 bridgehead atoms. The average molecular weight is 480 g/mol. The quantitative estimate of drug-likeness (QED) is 0.625. The molecule has 1 aromatic carbocycles. The van der Waals surface area contributed by atoms with E-state index in [1.807, 2.05) is 35.2 Å². The molecule has 3 atom stereocenters. The number of benzene rings is 1. The minimum absolute atomic E-state index is 0.0370. The number of hydrogen-bond donors (Lipinski definition) is 1. The lowest BCUT2D eigenvalue weighted by Gasteiger charge is -2.24. The van der Waals surface area contributed by atoms with E-state index in [0.29, 0.717) is 11.7 Å². The van der Waals surface area contributed by atoms with Gasteiger partial charge in [-0.05, 0) is 26.3 Å². The number of nitrogens with zero attached hydrogens (tertiary/aromatic N) is 2. The van der Waals surface area contributed by atoms with E-state index in [4.69, 9.17) is 4.74 Å². The van der Waals surface area contributed by atoms with Gasteiger partial charge in [0.05, 0.1) is 17.5 Å². The lowest BCUT2D eigenvalue weighted by Crippen LogP contribution is -2.45. The number of amides is 2. The van der Waals surface area contributed by atoms with Gasteiger partial charge in [0.25, 0.3) is 5.91 Å². The zero-order valence-electron chi connectivity index (χ0n) is 18.5. The summed E-state index contributed by atoms with van der Waals surface area (Å²) < 4.78 is 29.4. The molecule has 0 aromatic heterocycles. The highest BCUT2D eigenvalue weighted by atomic mass is 32.2. The van der Waals surface area contributed by atoms with Crippen molar-refractivity contribution in [2.24, 2.45) is 4.99 Å². The van der Waals surface area contributed by atoms with Crippen molar-refractivity contribution in [3.63, 3.8) is 0 Å². The molecule has 2 aliphatic heterocycles. The molecule has 1 N–H and O–H groups in total. The zero-order chi connectivity index (χ0) is 23.5. The first-order valence-corrected chi connectivity index (χ1v) is 13.1. The van der Waals surface area contributed by atoms with Gasteiger partial charge < -0.3 is 15.0 Å². The number of carbonyl (C=O) groups is 2. The van der Waals surface area contributed by atoms with E-state index in [1.165, 1.54) is 11.8 Å². The van der Waals surface area contributed by atoms with Gasteiger partial charge in [0.2, 0.25) is 0 Å². The fourth-order valence-corrected chi connectivity index (χ4v) is 7.63. The van der Waals surface area contributed by atoms with Crippen molar-refractivity contribution in [1.29, 1.82) is 0 Å². The Morgan fingerprint density at radius 2 is 2.00 bits per heavy atom. The standard InChI is InChI=1S/C22H29N3O5S2/c1-5-11-25-17-13-32(28,29)14-18(17)31-20(25)24-19(26)16(12-15-9-7-6-8-10-15)23-21(27)30-22(2,3)4/h5-10,16-18H,1,11-14H2,2-4H3,(H,23,27)/t16-,17-,18-/m0/s1. The van der Waals surface area contributed by atoms with E-state index in [2.05, 4.69) is 16.9 Å². The Kier molecular flexibility index (Phi) is 7.34. The molecule has 0 radical (unpaired) electrons. The molecule has 32 heavy (non-hydrogen) atoms. The molecule has 8 nitrogen and oxygen atoms in total. The smallest absolute Gasteiger partial charge is 0.408 e. The van der Waals surface area contributed by atoms with Crippen molar-refractivity contribution in [2.45, 2.75) is 50.1 Å². The number of alkyl carbamates (subject to hydrolysis) is 1. The summed E-state index contributed by atoms with van der Waals surface area (Å²) in [5.74, 6) is -0.415. The number of aliphatic imine (C=N–C) groups is 1. The first kappa shape index (κ1) is 24.3. The molecular weight excluding hydrogens is 450 g/mol. The number of ether oxygens (including phenoxy) is 1. The highest BCUT2D eigenvalue weighted by Gasteiger charge is 2.48. The van der Waals surface area contributed by atoms with Crippen LogP contribution in [0.1, 0.15) is 26.3 Å². The second kappa shape index (κ2) is 9.66. The Bertz CT molecular complexity index is 1000. The Morgan fingerprint density at radius 1 is 1.31 bits per heavy atom. The number of rotatable bonds is 6. The van der Waals surface area contributed by atoms with Gasteiger partial charge in [-0.3, -0.25) is 4.79 Å². The Morgan fingerprint density at radius 3 is 2.62 bits per heavy atom. The maximum absolute atomic E-state index is 13.2. The number of hydrogen-bond acceptors (Lipinski definition) is 6. The summed E-state index contributed by atoms with van der Waals surface area (Å²) in [6, 6.07) is 8.17. The van der Waals surface area contributed by atoms with Gasteiger partial charge in [-0.2, -0.15) is 4.99 Å². The summed E-state index contributed by atoms with van der Waals surface area (Å²) >= 11 is 1.30. The molecule has 0 aliphatic carbocycles. The van der Waals surface area contributed by atoms with Crippen molar-refractivity contribution >= 4 is 38.8 Å². The molecule has 0 unspecified atom stereocenters. The maximum Gasteiger partial charge on any atom is 0.408 e. The second-order valence-corrected chi connectivity index (χ2v) is 12.2. The van der Waals surface area contributed by atoms with E-state index < -0.39 is 33.5 Å². The van der Waals surface area contributed by atoms with Crippen molar-refractivity contribution in [3.8, 4) is 0 Å². The second-order valence-electron chi connectivity index (χ2n) is 8.86. The summed E-state index contributed by atoms with van der Waals surface area (Å²) in [6.45, 7) is 9.36. The minimum Gasteiger partial charge on any atom is -0.444 e. The van der Waals surface area contributed by atoms with Crippen LogP contribution in [0.5, 0.6) is 0 Å². The molecule has 2 saturated heterocycles. The van der Waals surface area contributed by atoms with Gasteiger partial charge in [-0.1, -0.05) is 48.2 Å². The normalized spacial score (nSPS) is 24.1. The molecule has 2 aliphatic rings. The van der Waals surface area contributed by atoms with Crippen LogP contribution in [0.2, 0.25) is 0 Å². The monoisotopic (exact) mass is 479 g/mol. The van der Waals surface area contributed by atoms with Crippen molar-refractivity contribution in [3.05, 3.63) is 48.6 Å². The molecule has 0 saturated carbocycles. The van der Waals surface area contributed by atoms with E-state index in [1.54, 1.807) is 26.8 Å². The largest absolute Gasteiger partial charge is 0.444 e. The van der Waals surface area contributed by atoms with Crippen LogP contribution < -0.4 is 5.32 Å². The van der Waals surface area contributed by atoms with Gasteiger partial charge >= 0.3 is 6.09 Å². The average Bonchev–Trinajstić information content (AvgIpc) is 3.13. The van der Waals surface area contributed by atoms with Crippen LogP contribution >= 0.6 is 11.8 Å². The first-order valence-electron chi connectivity index (χ1n) is 10.4. The van der Waals surface area contributed by atoms with E-state index in [0.717, 1.165) is 5.56 Å². The van der Waals surface area contributed by atoms with Crippen molar-refractivity contribution in [1.82, 2.24) is 10.2 Å². The highest BCUT2D eigenvalue weighted by molar-refractivity contribution is 8.15. The van der Waals surface area contributed by atoms with Crippen LogP contribution in [-0.4, -0.2) is 71.5 Å². The topological polar surface area (TPSA) is 105 Å². The molecule has 3 rings (SSSR count). The lowest BCUT2D eigenvalue weighted by molar-refractivity contribution is -0.119. The van der Waals surface area contributed by atoms with Crippen molar-refractivity contribution in [2.75, 3.05) is 18.1 Å². The number of carbonyl (C=O) groups excluding carboxylic acids is 2. The van der Waals surface area contributed by atoms with Gasteiger partial charge in [0.1, 0.15) is 11.6 Å². The molecular formula is C22H29N3O5S2. The fourth-order valence-electron chi connectivity index (χ4n) is 3.66. The number of nitrogens with one attached hydrogen (secondary N) is 1. The molecule has 1 aromatic rings. The van der Waals surface area contributed by atoms with Crippen LogP contribution in [0.3, 0.4) is 0 Å². The zero-order valence-corrected chi connectivity index (χ0v) is 20.1. The van der Waals surface area contributed by atoms with E-state index in [9.17, 15) is 18.0 Å². The predicted molar refractivity (Wildman–Crippen MR) is 126 cm³/mol. The molecule has 174 valence electrons. The van der Waals surface area contributed by atoms with Crippen LogP contribution in [0.15, 0.2) is 48.0 Å². The predicted octanol–water partition coefficient (Wildman–Crippen LogP) is 2.41. The maximum atomic E-state index is 13.2. The Balaban J connectivity index is 1.82. The van der Waals surface area contributed by atoms with E-state index in [-0.39, 0.29) is 29.2 Å². The van der Waals surface area contributed by atoms with Crippen LogP contribution in [0, 0.1) is 0 Å². The van der Waals surface area contributed by atoms with E-state index >= 15 is 0 Å². The first-order chi connectivity index (χ1) is 15.0. The Hall–Kier alpha value is -2.33. The summed E-state index contributed by atoms with van der Waals surface area (Å²) in [7, 11) is -3.11. The number of fused-ring (bicyclic) bond motifs is 1. The van der Waals surface area contributed by atoms with Crippen LogP contribution in [0.25, 0.3) is 0 Å². The molecule has 10 heteroatoms. The third-order valence-electron chi connectivity index (χ3n) is 4.98. The summed E-state index contributed by atoms with van der Waals surface area (Å²) in [6.07, 6.45) is 1.22. The fraction of sp³-hybridized carbons (Fsp3) is 0.500. The van der Waals surface area contributed by atoms with Gasteiger partial charge in [-0.15, -0.1) is 6.58 Å². The van der Waals surface area contributed by atoms with Crippen LogP contribution in [0.4, 0.5) is 4.79 Å². The number of sulfone groups is 1. The number of thioether (sulfide) groups is 1. The minimum atomic E-state index is -3.11. The Labute approximate surface area is 193 Å². The highest BCUT2D eigenvalue weighted by Crippen LogP contribution is 2.38. The summed E-state index contributed by atoms with van der Waals surface area (Å²) in [5.41, 5.74) is 0.161. The third-order valence-corrected chi connectivity index (χ3v) is 8.23. The summed E-state index contributed by atoms with van der Waals surface area (Å²) in [4.78, 5) is 31.7. The van der Waals surface area contributed by atoms with Gasteiger partial charge in [-0.25, -0.2) is 13.2 Å². The molecule has 2 fully saturated rings. The lowest BCUT2D eigenvalue weighted by atomic mass is 10.1. The van der Waals surface area contributed by atoms with Crippen LogP contribution in [-0.2, 0) is 25.8 Å². The van der Waals surface area contributed by atoms with Gasteiger partial charge in [0, 0.05) is 18.2 Å². The molecule has 2 heterocycles. The summed E-state index contributed by atoms with van der Waals surface area (Å²) in [5, 5.41) is 2.94.